The van der Waals surface area contributed by atoms with Crippen LogP contribution in [0, 0.1) is 19.4 Å². The van der Waals surface area contributed by atoms with Crippen molar-refractivity contribution in [3.8, 4) is 0 Å². The lowest BCUT2D eigenvalue weighted by Crippen LogP contribution is -2.46. The number of rotatable bonds is 7. The van der Waals surface area contributed by atoms with Gasteiger partial charge in [-0.15, -0.1) is 0 Å². The summed E-state index contributed by atoms with van der Waals surface area (Å²) >= 11 is 5.93. The molecule has 1 aliphatic rings. The topological polar surface area (TPSA) is 76.8 Å². The second-order valence-electron chi connectivity index (χ2n) is 8.84. The molecular weight excluding hydrogens is 468 g/mol. The average molecular weight is 497 g/mol. The van der Waals surface area contributed by atoms with Crippen molar-refractivity contribution in [2.45, 2.75) is 31.0 Å². The molecule has 1 N–H and O–H groups in total. The van der Waals surface area contributed by atoms with Gasteiger partial charge in [0.15, 0.2) is 9.84 Å². The van der Waals surface area contributed by atoms with E-state index in [0.29, 0.717) is 10.6 Å². The van der Waals surface area contributed by atoms with Gasteiger partial charge < -0.3 is 4.90 Å². The van der Waals surface area contributed by atoms with Crippen LogP contribution in [0.1, 0.15) is 22.3 Å². The lowest BCUT2D eigenvalue weighted by Gasteiger charge is -2.36. The number of piperazine rings is 1. The molecule has 1 saturated heterocycles. The third-order valence-corrected chi connectivity index (χ3v) is 8.27. The Hall–Kier alpha value is -2.74. The Bertz CT molecular complexity index is 1280. The monoisotopic (exact) mass is 496 g/mol. The molecule has 1 fully saturated rings. The van der Waals surface area contributed by atoms with Gasteiger partial charge in [0.05, 0.1) is 10.6 Å². The third kappa shape index (κ3) is 5.66. The van der Waals surface area contributed by atoms with Gasteiger partial charge in [0.1, 0.15) is 5.69 Å². The van der Waals surface area contributed by atoms with Crippen molar-refractivity contribution in [3.63, 3.8) is 0 Å². The van der Waals surface area contributed by atoms with Crippen LogP contribution in [-0.4, -0.2) is 39.5 Å². The lowest BCUT2D eigenvalue weighted by molar-refractivity contribution is 0.249. The molecule has 0 aliphatic carbocycles. The zero-order chi connectivity index (χ0) is 24.3. The molecule has 0 aromatic heterocycles. The number of hydrogen-bond acceptors (Lipinski definition) is 6. The molecule has 0 bridgehead atoms. The number of halogens is 1. The molecule has 3 aromatic rings. The molecule has 0 radical (unpaired) electrons. The fourth-order valence-corrected chi connectivity index (χ4v) is 5.94. The van der Waals surface area contributed by atoms with Crippen LogP contribution in [0.2, 0.25) is 5.02 Å². The van der Waals surface area contributed by atoms with Crippen LogP contribution < -0.4 is 4.90 Å². The maximum absolute atomic E-state index is 13.2. The van der Waals surface area contributed by atoms with Crippen LogP contribution in [0.15, 0.2) is 70.7 Å². The van der Waals surface area contributed by atoms with Crippen LogP contribution in [0.25, 0.3) is 0 Å². The van der Waals surface area contributed by atoms with Gasteiger partial charge in [-0.25, -0.2) is 13.9 Å². The standard InChI is InChI=1S/C26H29ClN4O2S/c1-19-3-4-20(2)22(15-19)17-30-11-13-31(14-12-30)24-9-10-25(29-28)26(16-24)34(32,33)18-21-5-7-23(27)8-6-21/h3-10,15-16,28H,11-14,17-18H2,1-2H3. The minimum absolute atomic E-state index is 0.0905. The first-order valence-electron chi connectivity index (χ1n) is 11.3. The number of nitrogens with one attached hydrogen (secondary N) is 1. The van der Waals surface area contributed by atoms with Crippen LogP contribution in [0.5, 0.6) is 0 Å². The highest BCUT2D eigenvalue weighted by molar-refractivity contribution is 7.90. The highest BCUT2D eigenvalue weighted by atomic mass is 35.5. The van der Waals surface area contributed by atoms with Crippen LogP contribution in [0.4, 0.5) is 11.4 Å². The Labute approximate surface area is 206 Å². The molecule has 178 valence electrons. The first kappa shape index (κ1) is 24.4. The van der Waals surface area contributed by atoms with E-state index in [9.17, 15) is 8.42 Å². The molecule has 0 unspecified atom stereocenters. The van der Waals surface area contributed by atoms with Gasteiger partial charge in [-0.2, -0.15) is 5.11 Å². The SMILES string of the molecule is Cc1ccc(C)c(CN2CCN(c3ccc(N=N)c(S(=O)(=O)Cc4ccc(Cl)cc4)c3)CC2)c1. The molecule has 0 atom stereocenters. The van der Waals surface area contributed by atoms with E-state index in [4.69, 9.17) is 17.1 Å². The van der Waals surface area contributed by atoms with Gasteiger partial charge in [0.2, 0.25) is 0 Å². The summed E-state index contributed by atoms with van der Waals surface area (Å²) in [5, 5.41) is 4.03. The highest BCUT2D eigenvalue weighted by Gasteiger charge is 2.24. The van der Waals surface area contributed by atoms with Gasteiger partial charge in [-0.3, -0.25) is 4.90 Å². The minimum atomic E-state index is -3.68. The zero-order valence-corrected chi connectivity index (χ0v) is 21.0. The average Bonchev–Trinajstić information content (AvgIpc) is 2.83. The summed E-state index contributed by atoms with van der Waals surface area (Å²) in [6, 6.07) is 18.5. The molecule has 3 aromatic carbocycles. The van der Waals surface area contributed by atoms with E-state index in [0.717, 1.165) is 38.4 Å². The van der Waals surface area contributed by atoms with Gasteiger partial charge in [-0.05, 0) is 60.9 Å². The summed E-state index contributed by atoms with van der Waals surface area (Å²) in [4.78, 5) is 4.73. The lowest BCUT2D eigenvalue weighted by atomic mass is 10.0. The minimum Gasteiger partial charge on any atom is -0.369 e. The molecule has 0 spiro atoms. The van der Waals surface area contributed by atoms with Crippen LogP contribution >= 0.6 is 11.6 Å². The Morgan fingerprint density at radius 3 is 2.32 bits per heavy atom. The zero-order valence-electron chi connectivity index (χ0n) is 19.5. The molecule has 8 heteroatoms. The smallest absolute Gasteiger partial charge is 0.184 e. The van der Waals surface area contributed by atoms with E-state index in [-0.39, 0.29) is 16.3 Å². The number of aryl methyl sites for hydroxylation is 2. The van der Waals surface area contributed by atoms with Crippen molar-refractivity contribution in [2.75, 3.05) is 31.1 Å². The fraction of sp³-hybridized carbons (Fsp3) is 0.308. The number of benzene rings is 3. The quantitative estimate of drug-likeness (QED) is 0.412. The Kier molecular flexibility index (Phi) is 7.36. The summed E-state index contributed by atoms with van der Waals surface area (Å²) in [7, 11) is -3.68. The Morgan fingerprint density at radius 2 is 1.65 bits per heavy atom. The van der Waals surface area contributed by atoms with E-state index in [1.807, 2.05) is 6.07 Å². The van der Waals surface area contributed by atoms with E-state index in [2.05, 4.69) is 47.0 Å². The van der Waals surface area contributed by atoms with Gasteiger partial charge >= 0.3 is 0 Å². The molecule has 34 heavy (non-hydrogen) atoms. The molecule has 1 aliphatic heterocycles. The first-order chi connectivity index (χ1) is 16.2. The molecular formula is C26H29ClN4O2S. The van der Waals surface area contributed by atoms with Crippen LogP contribution in [0.3, 0.4) is 0 Å². The second kappa shape index (κ2) is 10.3. The first-order valence-corrected chi connectivity index (χ1v) is 13.3. The maximum atomic E-state index is 13.2. The largest absolute Gasteiger partial charge is 0.369 e. The van der Waals surface area contributed by atoms with E-state index >= 15 is 0 Å². The van der Waals surface area contributed by atoms with Crippen molar-refractivity contribution in [3.05, 3.63) is 87.9 Å². The normalized spacial score (nSPS) is 14.9. The number of hydrogen-bond donors (Lipinski definition) is 1. The molecule has 6 nitrogen and oxygen atoms in total. The van der Waals surface area contributed by atoms with E-state index in [1.165, 1.54) is 16.7 Å². The predicted molar refractivity (Wildman–Crippen MR) is 137 cm³/mol. The van der Waals surface area contributed by atoms with Crippen molar-refractivity contribution in [1.29, 1.82) is 5.53 Å². The maximum Gasteiger partial charge on any atom is 0.184 e. The van der Waals surface area contributed by atoms with Crippen molar-refractivity contribution in [2.24, 2.45) is 5.11 Å². The Morgan fingerprint density at radius 1 is 0.941 bits per heavy atom. The van der Waals surface area contributed by atoms with E-state index in [1.54, 1.807) is 36.4 Å². The van der Waals surface area contributed by atoms with Crippen molar-refractivity contribution < 1.29 is 8.42 Å². The van der Waals surface area contributed by atoms with Gasteiger partial charge in [-0.1, -0.05) is 47.5 Å². The summed E-state index contributed by atoms with van der Waals surface area (Å²) in [6.45, 7) is 8.58. The summed E-state index contributed by atoms with van der Waals surface area (Å²) in [6.07, 6.45) is 0. The molecule has 0 saturated carbocycles. The highest BCUT2D eigenvalue weighted by Crippen LogP contribution is 2.32. The summed E-state index contributed by atoms with van der Waals surface area (Å²) in [5.74, 6) is -0.167. The van der Waals surface area contributed by atoms with Crippen molar-refractivity contribution >= 4 is 32.8 Å². The van der Waals surface area contributed by atoms with Gasteiger partial charge in [0, 0.05) is 43.4 Å². The van der Waals surface area contributed by atoms with Gasteiger partial charge in [0.25, 0.3) is 0 Å². The molecule has 4 rings (SSSR count). The third-order valence-electron chi connectivity index (χ3n) is 6.30. The number of sulfone groups is 1. The predicted octanol–water partition coefficient (Wildman–Crippen LogP) is 5.92. The molecule has 1 heterocycles. The second-order valence-corrected chi connectivity index (χ2v) is 11.2. The van der Waals surface area contributed by atoms with Crippen LogP contribution in [-0.2, 0) is 22.1 Å². The number of anilines is 1. The molecule has 0 amide bonds. The van der Waals surface area contributed by atoms with E-state index < -0.39 is 9.84 Å². The summed E-state index contributed by atoms with van der Waals surface area (Å²) < 4.78 is 26.4. The summed E-state index contributed by atoms with van der Waals surface area (Å²) in [5.41, 5.74) is 13.0. The Balaban J connectivity index is 1.49. The number of nitrogens with zero attached hydrogens (tertiary/aromatic N) is 3. The van der Waals surface area contributed by atoms with Crippen molar-refractivity contribution in [1.82, 2.24) is 4.90 Å². The fourth-order valence-electron chi connectivity index (χ4n) is 4.29.